The van der Waals surface area contributed by atoms with E-state index in [0.29, 0.717) is 18.9 Å². The standard InChI is InChI=1S/C20H24F2N2O4/c1-28-18(26)11-20(7-3-2-4-8-20)23-19(27)13-9-17(25)24(12-13)16-6-5-14(21)10-15(16)22/h5-6,10,13H,2-4,7-9,11-12H2,1H3,(H,23,27)/t13-/m1/s1. The monoisotopic (exact) mass is 394 g/mol. The number of ether oxygens (including phenoxy) is 1. The second-order valence-corrected chi connectivity index (χ2v) is 7.58. The highest BCUT2D eigenvalue weighted by Gasteiger charge is 2.41. The summed E-state index contributed by atoms with van der Waals surface area (Å²) in [6, 6.07) is 2.98. The number of nitrogens with one attached hydrogen (secondary N) is 1. The molecule has 1 aromatic carbocycles. The molecule has 2 aliphatic rings. The second kappa shape index (κ2) is 8.24. The summed E-state index contributed by atoms with van der Waals surface area (Å²) >= 11 is 0. The number of esters is 1. The van der Waals surface area contributed by atoms with Crippen LogP contribution in [0.5, 0.6) is 0 Å². The van der Waals surface area contributed by atoms with Crippen molar-refractivity contribution in [2.24, 2.45) is 5.92 Å². The van der Waals surface area contributed by atoms with Gasteiger partial charge in [0.2, 0.25) is 11.8 Å². The predicted octanol–water partition coefficient (Wildman–Crippen LogP) is 2.70. The molecule has 1 heterocycles. The lowest BCUT2D eigenvalue weighted by Crippen LogP contribution is -2.53. The molecule has 1 aliphatic carbocycles. The lowest BCUT2D eigenvalue weighted by Gasteiger charge is -2.38. The van der Waals surface area contributed by atoms with E-state index < -0.39 is 29.0 Å². The van der Waals surface area contributed by atoms with Gasteiger partial charge in [-0.15, -0.1) is 0 Å². The molecule has 152 valence electrons. The normalized spacial score (nSPS) is 21.5. The SMILES string of the molecule is COC(=O)CC1(NC(=O)[C@@H]2CC(=O)N(c3ccc(F)cc3F)C2)CCCCC1. The third-order valence-electron chi connectivity index (χ3n) is 5.61. The Labute approximate surface area is 162 Å². The minimum absolute atomic E-state index is 0.0154. The van der Waals surface area contributed by atoms with E-state index in [9.17, 15) is 23.2 Å². The third-order valence-corrected chi connectivity index (χ3v) is 5.61. The van der Waals surface area contributed by atoms with Crippen LogP contribution in [0, 0.1) is 17.6 Å². The molecule has 0 unspecified atom stereocenters. The zero-order valence-electron chi connectivity index (χ0n) is 15.8. The Morgan fingerprint density at radius 2 is 1.96 bits per heavy atom. The van der Waals surface area contributed by atoms with Gasteiger partial charge in [0, 0.05) is 19.0 Å². The maximum Gasteiger partial charge on any atom is 0.307 e. The average Bonchev–Trinajstić information content (AvgIpc) is 3.04. The summed E-state index contributed by atoms with van der Waals surface area (Å²) in [6.45, 7) is 0.0154. The van der Waals surface area contributed by atoms with E-state index in [4.69, 9.17) is 4.74 Å². The molecule has 0 aromatic heterocycles. The molecule has 0 spiro atoms. The van der Waals surface area contributed by atoms with Gasteiger partial charge in [-0.2, -0.15) is 0 Å². The van der Waals surface area contributed by atoms with E-state index in [2.05, 4.69) is 5.32 Å². The number of carbonyl (C=O) groups excluding carboxylic acids is 3. The predicted molar refractivity (Wildman–Crippen MR) is 97.4 cm³/mol. The molecule has 1 aliphatic heterocycles. The summed E-state index contributed by atoms with van der Waals surface area (Å²) in [5, 5.41) is 2.98. The van der Waals surface area contributed by atoms with Gasteiger partial charge in [-0.1, -0.05) is 19.3 Å². The Bertz CT molecular complexity index is 777. The molecule has 8 heteroatoms. The van der Waals surface area contributed by atoms with Crippen molar-refractivity contribution in [3.63, 3.8) is 0 Å². The fraction of sp³-hybridized carbons (Fsp3) is 0.550. The number of hydrogen-bond donors (Lipinski definition) is 1. The molecule has 6 nitrogen and oxygen atoms in total. The minimum atomic E-state index is -0.844. The third kappa shape index (κ3) is 4.31. The second-order valence-electron chi connectivity index (χ2n) is 7.58. The van der Waals surface area contributed by atoms with Gasteiger partial charge in [-0.25, -0.2) is 8.78 Å². The van der Waals surface area contributed by atoms with Gasteiger partial charge in [0.15, 0.2) is 0 Å². The van der Waals surface area contributed by atoms with Crippen LogP contribution in [0.2, 0.25) is 0 Å². The topological polar surface area (TPSA) is 75.7 Å². The van der Waals surface area contributed by atoms with Crippen molar-refractivity contribution < 1.29 is 27.9 Å². The molecular formula is C20H24F2N2O4. The molecule has 0 radical (unpaired) electrons. The number of amides is 2. The Kier molecular flexibility index (Phi) is 5.96. The van der Waals surface area contributed by atoms with Crippen LogP contribution in [0.4, 0.5) is 14.5 Å². The number of rotatable bonds is 5. The lowest BCUT2D eigenvalue weighted by molar-refractivity contribution is -0.143. The highest BCUT2D eigenvalue weighted by atomic mass is 19.1. The average molecular weight is 394 g/mol. The van der Waals surface area contributed by atoms with Crippen molar-refractivity contribution in [3.8, 4) is 0 Å². The van der Waals surface area contributed by atoms with E-state index in [0.717, 1.165) is 25.3 Å². The number of halogens is 2. The number of anilines is 1. The highest BCUT2D eigenvalue weighted by Crippen LogP contribution is 2.33. The van der Waals surface area contributed by atoms with Gasteiger partial charge < -0.3 is 15.0 Å². The number of nitrogens with zero attached hydrogens (tertiary/aromatic N) is 1. The van der Waals surface area contributed by atoms with Crippen LogP contribution < -0.4 is 10.2 Å². The summed E-state index contributed by atoms with van der Waals surface area (Å²) in [5.41, 5.74) is -0.705. The molecule has 1 saturated heterocycles. The Morgan fingerprint density at radius 3 is 2.61 bits per heavy atom. The van der Waals surface area contributed by atoms with Crippen LogP contribution in [0.1, 0.15) is 44.9 Å². The summed E-state index contributed by atoms with van der Waals surface area (Å²) in [6.07, 6.45) is 4.21. The van der Waals surface area contributed by atoms with Gasteiger partial charge in [-0.05, 0) is 25.0 Å². The number of hydrogen-bond acceptors (Lipinski definition) is 4. The first-order chi connectivity index (χ1) is 13.3. The van der Waals surface area contributed by atoms with E-state index in [1.165, 1.54) is 18.1 Å². The van der Waals surface area contributed by atoms with Gasteiger partial charge in [0.1, 0.15) is 11.6 Å². The molecule has 2 amide bonds. The van der Waals surface area contributed by atoms with Crippen LogP contribution in [0.15, 0.2) is 18.2 Å². The summed E-state index contributed by atoms with van der Waals surface area (Å²) in [7, 11) is 1.31. The molecule has 2 fully saturated rings. The van der Waals surface area contributed by atoms with Gasteiger partial charge in [-0.3, -0.25) is 14.4 Å². The molecule has 1 atom stereocenters. The molecule has 1 aromatic rings. The van der Waals surface area contributed by atoms with E-state index in [-0.39, 0.29) is 37.0 Å². The van der Waals surface area contributed by atoms with Crippen molar-refractivity contribution >= 4 is 23.5 Å². The largest absolute Gasteiger partial charge is 0.469 e. The molecule has 3 rings (SSSR count). The van der Waals surface area contributed by atoms with Crippen LogP contribution in [-0.4, -0.2) is 37.0 Å². The van der Waals surface area contributed by atoms with Gasteiger partial charge in [0.05, 0.1) is 30.7 Å². The van der Waals surface area contributed by atoms with Crippen molar-refractivity contribution in [1.29, 1.82) is 0 Å². The first-order valence-corrected chi connectivity index (χ1v) is 9.48. The zero-order chi connectivity index (χ0) is 20.3. The fourth-order valence-corrected chi connectivity index (χ4v) is 4.10. The Balaban J connectivity index is 1.71. The van der Waals surface area contributed by atoms with Crippen LogP contribution in [0.25, 0.3) is 0 Å². The van der Waals surface area contributed by atoms with E-state index >= 15 is 0 Å². The number of methoxy groups -OCH3 is 1. The summed E-state index contributed by atoms with van der Waals surface area (Å²) < 4.78 is 31.9. The van der Waals surface area contributed by atoms with Gasteiger partial charge >= 0.3 is 5.97 Å². The smallest absolute Gasteiger partial charge is 0.307 e. The Hall–Kier alpha value is -2.51. The molecular weight excluding hydrogens is 370 g/mol. The van der Waals surface area contributed by atoms with Crippen LogP contribution >= 0.6 is 0 Å². The first-order valence-electron chi connectivity index (χ1n) is 9.48. The maximum atomic E-state index is 14.0. The highest BCUT2D eigenvalue weighted by molar-refractivity contribution is 6.00. The molecule has 0 bridgehead atoms. The summed E-state index contributed by atoms with van der Waals surface area (Å²) in [4.78, 5) is 38.2. The molecule has 28 heavy (non-hydrogen) atoms. The van der Waals surface area contributed by atoms with Crippen molar-refractivity contribution in [3.05, 3.63) is 29.8 Å². The van der Waals surface area contributed by atoms with Crippen molar-refractivity contribution in [1.82, 2.24) is 5.32 Å². The first kappa shape index (κ1) is 20.2. The van der Waals surface area contributed by atoms with Gasteiger partial charge in [0.25, 0.3) is 0 Å². The molecule has 1 saturated carbocycles. The molecule has 1 N–H and O–H groups in total. The Morgan fingerprint density at radius 1 is 1.25 bits per heavy atom. The fourth-order valence-electron chi connectivity index (χ4n) is 4.10. The minimum Gasteiger partial charge on any atom is -0.469 e. The maximum absolute atomic E-state index is 14.0. The zero-order valence-corrected chi connectivity index (χ0v) is 15.8. The lowest BCUT2D eigenvalue weighted by atomic mass is 9.79. The van der Waals surface area contributed by atoms with Crippen molar-refractivity contribution in [2.75, 3.05) is 18.6 Å². The van der Waals surface area contributed by atoms with Crippen molar-refractivity contribution in [2.45, 2.75) is 50.5 Å². The number of benzene rings is 1. The summed E-state index contributed by atoms with van der Waals surface area (Å²) in [5.74, 6) is -3.35. The van der Waals surface area contributed by atoms with Crippen LogP contribution in [-0.2, 0) is 19.1 Å². The van der Waals surface area contributed by atoms with E-state index in [1.807, 2.05) is 0 Å². The van der Waals surface area contributed by atoms with Crippen LogP contribution in [0.3, 0.4) is 0 Å². The number of carbonyl (C=O) groups is 3. The quantitative estimate of drug-likeness (QED) is 0.780. The van der Waals surface area contributed by atoms with E-state index in [1.54, 1.807) is 0 Å².